The summed E-state index contributed by atoms with van der Waals surface area (Å²) < 4.78 is 0. The third kappa shape index (κ3) is 6.01. The highest BCUT2D eigenvalue weighted by Gasteiger charge is 2.08. The molecule has 0 unspecified atom stereocenters. The molecule has 0 bridgehead atoms. The van der Waals surface area contributed by atoms with Crippen molar-refractivity contribution in [2.45, 2.75) is 64.2 Å². The fourth-order valence-electron chi connectivity index (χ4n) is 3.69. The van der Waals surface area contributed by atoms with Gasteiger partial charge in [0.2, 0.25) is 0 Å². The average Bonchev–Trinajstić information content (AvgIpc) is 2.70. The molecule has 4 nitrogen and oxygen atoms in total. The van der Waals surface area contributed by atoms with Crippen LogP contribution in [-0.2, 0) is 0 Å². The van der Waals surface area contributed by atoms with E-state index in [0.29, 0.717) is 12.1 Å². The third-order valence-electron chi connectivity index (χ3n) is 5.28. The van der Waals surface area contributed by atoms with Crippen LogP contribution in [-0.4, -0.2) is 24.0 Å². The molecule has 26 heavy (non-hydrogen) atoms. The molecule has 2 N–H and O–H groups in total. The maximum atomic E-state index is 12.2. The average molecular weight is 354 g/mol. The van der Waals surface area contributed by atoms with E-state index < -0.39 is 0 Å². The molecule has 0 saturated heterocycles. The van der Waals surface area contributed by atoms with E-state index in [0.717, 1.165) is 25.2 Å². The number of carbonyl (C=O) groups is 1. The molecule has 4 heteroatoms. The minimum atomic E-state index is -0.0344. The van der Waals surface area contributed by atoms with E-state index >= 15 is 0 Å². The van der Waals surface area contributed by atoms with E-state index in [2.05, 4.69) is 27.8 Å². The lowest BCUT2D eigenvalue weighted by atomic mass is 9.97. The number of nitrogens with one attached hydrogen (secondary N) is 2. The number of nitrogens with zero attached hydrogens (tertiary/aromatic N) is 1. The Kier molecular flexibility index (Phi) is 7.29. The van der Waals surface area contributed by atoms with Gasteiger partial charge in [0.15, 0.2) is 0 Å². The minimum absolute atomic E-state index is 0.0344. The van der Waals surface area contributed by atoms with Crippen molar-refractivity contribution in [3.8, 4) is 0 Å². The second kappa shape index (κ2) is 10.1. The van der Waals surface area contributed by atoms with Gasteiger partial charge < -0.3 is 10.6 Å². The zero-order chi connectivity index (χ0) is 18.0. The van der Waals surface area contributed by atoms with Gasteiger partial charge in [0.1, 0.15) is 5.82 Å². The molecular weight excluding hydrogens is 322 g/mol. The van der Waals surface area contributed by atoms with Crippen LogP contribution in [0.25, 0.3) is 0 Å². The fourth-order valence-corrected chi connectivity index (χ4v) is 3.69. The molecule has 1 aromatic heterocycles. The van der Waals surface area contributed by atoms with E-state index in [9.17, 15) is 4.79 Å². The van der Waals surface area contributed by atoms with Crippen LogP contribution in [0, 0.1) is 0 Å². The number of anilines is 1. The van der Waals surface area contributed by atoms with Crippen LogP contribution < -0.4 is 10.6 Å². The Morgan fingerprint density at radius 2 is 1.62 bits per heavy atom. The Morgan fingerprint density at radius 1 is 0.923 bits per heavy atom. The van der Waals surface area contributed by atoms with Crippen LogP contribution >= 0.6 is 0 Å². The van der Waals surface area contributed by atoms with Gasteiger partial charge in [0, 0.05) is 19.3 Å². The van der Waals surface area contributed by atoms with Crippen LogP contribution in [0.2, 0.25) is 0 Å². The lowest BCUT2D eigenvalue weighted by Gasteiger charge is -2.13. The monoisotopic (exact) mass is 353 g/mol. The van der Waals surface area contributed by atoms with Crippen molar-refractivity contribution in [2.75, 3.05) is 18.4 Å². The van der Waals surface area contributed by atoms with Crippen molar-refractivity contribution >= 4 is 11.7 Å². The van der Waals surface area contributed by atoms with E-state index in [1.165, 1.54) is 56.9 Å². The lowest BCUT2D eigenvalue weighted by Crippen LogP contribution is -2.25. The van der Waals surface area contributed by atoms with Gasteiger partial charge in [0.25, 0.3) is 5.91 Å². The van der Waals surface area contributed by atoms with Crippen LogP contribution in [0.5, 0.6) is 0 Å². The summed E-state index contributed by atoms with van der Waals surface area (Å²) >= 11 is 0. The smallest absolute Gasteiger partial charge is 0.252 e. The number of hydrogen-bond donors (Lipinski definition) is 2. The Bertz CT molecular complexity index is 646. The van der Waals surface area contributed by atoms with Gasteiger partial charge in [-0.25, -0.2) is 4.98 Å². The Morgan fingerprint density at radius 3 is 2.19 bits per heavy atom. The van der Waals surface area contributed by atoms with Gasteiger partial charge in [-0.2, -0.15) is 0 Å². The molecule has 0 spiro atoms. The Balaban J connectivity index is 1.38. The largest absolute Gasteiger partial charge is 0.370 e. The first kappa shape index (κ1) is 18.7. The molecule has 2 aliphatic carbocycles. The number of aromatic nitrogens is 1. The van der Waals surface area contributed by atoms with Crippen molar-refractivity contribution < 1.29 is 4.79 Å². The highest BCUT2D eigenvalue weighted by atomic mass is 16.1. The molecule has 0 fully saturated rings. The zero-order valence-corrected chi connectivity index (χ0v) is 15.7. The molecule has 0 aliphatic heterocycles. The van der Waals surface area contributed by atoms with Crippen LogP contribution in [0.15, 0.2) is 41.6 Å². The molecule has 1 heterocycles. The molecule has 140 valence electrons. The summed E-state index contributed by atoms with van der Waals surface area (Å²) in [6.45, 7) is 1.61. The predicted molar refractivity (Wildman–Crippen MR) is 107 cm³/mol. The molecule has 0 saturated carbocycles. The molecule has 0 aromatic carbocycles. The summed E-state index contributed by atoms with van der Waals surface area (Å²) in [5, 5.41) is 6.36. The molecular formula is C22H31N3O. The first-order chi connectivity index (χ1) is 12.8. The normalized spacial score (nSPS) is 17.2. The van der Waals surface area contributed by atoms with Gasteiger partial charge in [-0.3, -0.25) is 4.79 Å². The Hall–Kier alpha value is -2.10. The highest BCUT2D eigenvalue weighted by molar-refractivity contribution is 5.94. The predicted octanol–water partition coefficient (Wildman–Crippen LogP) is 5.00. The molecule has 3 rings (SSSR count). The van der Waals surface area contributed by atoms with Crippen molar-refractivity contribution in [2.24, 2.45) is 0 Å². The SMILES string of the molecule is O=C(NCCC1=CCCCC1)c1ccc(NCCC2=CCCCC2)nc1. The first-order valence-corrected chi connectivity index (χ1v) is 10.2. The topological polar surface area (TPSA) is 54.0 Å². The summed E-state index contributed by atoms with van der Waals surface area (Å²) in [5.41, 5.74) is 3.68. The number of hydrogen-bond acceptors (Lipinski definition) is 3. The molecule has 2 aliphatic rings. The van der Waals surface area contributed by atoms with Crippen molar-refractivity contribution in [3.05, 3.63) is 47.2 Å². The minimum Gasteiger partial charge on any atom is -0.370 e. The molecule has 0 atom stereocenters. The van der Waals surface area contributed by atoms with Gasteiger partial charge >= 0.3 is 0 Å². The van der Waals surface area contributed by atoms with Gasteiger partial charge in [-0.15, -0.1) is 0 Å². The lowest BCUT2D eigenvalue weighted by molar-refractivity contribution is 0.0953. The quantitative estimate of drug-likeness (QED) is 0.646. The van der Waals surface area contributed by atoms with Gasteiger partial charge in [-0.1, -0.05) is 23.3 Å². The standard InChI is InChI=1S/C22H31N3O/c26-22(24-16-14-19-9-5-2-6-10-19)20-11-12-21(25-17-20)23-15-13-18-7-3-1-4-8-18/h7,9,11-12,17H,1-6,8,10,13-16H2,(H,23,25)(H,24,26). The summed E-state index contributed by atoms with van der Waals surface area (Å²) in [6, 6.07) is 3.75. The van der Waals surface area contributed by atoms with Crippen molar-refractivity contribution in [3.63, 3.8) is 0 Å². The number of pyridine rings is 1. The number of rotatable bonds is 8. The second-order valence-electron chi connectivity index (χ2n) is 7.33. The maximum Gasteiger partial charge on any atom is 0.252 e. The number of amides is 1. The summed E-state index contributed by atoms with van der Waals surface area (Å²) in [5.74, 6) is 0.804. The summed E-state index contributed by atoms with van der Waals surface area (Å²) in [7, 11) is 0. The van der Waals surface area contributed by atoms with E-state index in [1.54, 1.807) is 11.8 Å². The summed E-state index contributed by atoms with van der Waals surface area (Å²) in [4.78, 5) is 16.6. The highest BCUT2D eigenvalue weighted by Crippen LogP contribution is 2.20. The van der Waals surface area contributed by atoms with Crippen LogP contribution in [0.1, 0.15) is 74.6 Å². The van der Waals surface area contributed by atoms with Crippen molar-refractivity contribution in [1.29, 1.82) is 0 Å². The first-order valence-electron chi connectivity index (χ1n) is 10.2. The fraction of sp³-hybridized carbons (Fsp3) is 0.545. The molecule has 1 amide bonds. The zero-order valence-electron chi connectivity index (χ0n) is 15.7. The van der Waals surface area contributed by atoms with E-state index in [4.69, 9.17) is 0 Å². The van der Waals surface area contributed by atoms with Gasteiger partial charge in [-0.05, 0) is 76.3 Å². The van der Waals surface area contributed by atoms with E-state index in [1.807, 2.05) is 12.1 Å². The van der Waals surface area contributed by atoms with Gasteiger partial charge in [0.05, 0.1) is 5.56 Å². The number of allylic oxidation sites excluding steroid dienone is 2. The molecule has 0 radical (unpaired) electrons. The second-order valence-corrected chi connectivity index (χ2v) is 7.33. The van der Waals surface area contributed by atoms with Crippen LogP contribution in [0.4, 0.5) is 5.82 Å². The number of carbonyl (C=O) groups excluding carboxylic acids is 1. The third-order valence-corrected chi connectivity index (χ3v) is 5.28. The van der Waals surface area contributed by atoms with Crippen molar-refractivity contribution in [1.82, 2.24) is 10.3 Å². The maximum absolute atomic E-state index is 12.2. The van der Waals surface area contributed by atoms with E-state index in [-0.39, 0.29) is 5.91 Å². The molecule has 1 aromatic rings. The Labute approximate surface area is 157 Å². The summed E-state index contributed by atoms with van der Waals surface area (Å²) in [6.07, 6.45) is 18.5. The van der Waals surface area contributed by atoms with Crippen LogP contribution in [0.3, 0.4) is 0 Å².